The van der Waals surface area contributed by atoms with Crippen molar-refractivity contribution in [3.8, 4) is 0 Å². The molecule has 0 spiro atoms. The molecular formula is C14H30N+. The molecule has 0 aliphatic heterocycles. The van der Waals surface area contributed by atoms with Crippen molar-refractivity contribution in [3.05, 3.63) is 12.7 Å². The number of hydrogen-bond acceptors (Lipinski definition) is 0. The van der Waals surface area contributed by atoms with E-state index in [1.807, 2.05) is 0 Å². The third-order valence-electron chi connectivity index (χ3n) is 3.37. The maximum absolute atomic E-state index is 3.89. The van der Waals surface area contributed by atoms with Gasteiger partial charge in [0.15, 0.2) is 0 Å². The van der Waals surface area contributed by atoms with Gasteiger partial charge in [-0.1, -0.05) is 32.8 Å². The maximum Gasteiger partial charge on any atom is 0.0920 e. The maximum atomic E-state index is 3.89. The molecular weight excluding hydrogens is 182 g/mol. The van der Waals surface area contributed by atoms with Crippen LogP contribution >= 0.6 is 0 Å². The highest BCUT2D eigenvalue weighted by Crippen LogP contribution is 2.18. The van der Waals surface area contributed by atoms with Crippen LogP contribution < -0.4 is 0 Å². The number of quaternary nitrogens is 1. The van der Waals surface area contributed by atoms with E-state index in [0.29, 0.717) is 0 Å². The van der Waals surface area contributed by atoms with Crippen molar-refractivity contribution >= 4 is 0 Å². The molecule has 0 N–H and O–H groups in total. The largest absolute Gasteiger partial charge is 0.326 e. The fourth-order valence-corrected chi connectivity index (χ4v) is 2.33. The molecule has 1 atom stereocenters. The van der Waals surface area contributed by atoms with Crippen LogP contribution in [0.3, 0.4) is 0 Å². The average molecular weight is 212 g/mol. The van der Waals surface area contributed by atoms with E-state index in [0.717, 1.165) is 16.9 Å². The fraction of sp³-hybridized carbons (Fsp3) is 0.857. The van der Waals surface area contributed by atoms with Gasteiger partial charge in [-0.2, -0.15) is 0 Å². The van der Waals surface area contributed by atoms with E-state index in [-0.39, 0.29) is 0 Å². The summed E-state index contributed by atoms with van der Waals surface area (Å²) in [6, 6.07) is 0.772. The van der Waals surface area contributed by atoms with Crippen molar-refractivity contribution in [2.75, 3.05) is 20.6 Å². The molecule has 0 aromatic rings. The molecule has 0 aromatic carbocycles. The van der Waals surface area contributed by atoms with E-state index in [9.17, 15) is 0 Å². The molecule has 0 fully saturated rings. The lowest BCUT2D eigenvalue weighted by Gasteiger charge is -2.38. The van der Waals surface area contributed by atoms with Crippen LogP contribution in [0.1, 0.15) is 52.4 Å². The summed E-state index contributed by atoms with van der Waals surface area (Å²) < 4.78 is 1.16. The highest BCUT2D eigenvalue weighted by molar-refractivity contribution is 4.74. The molecule has 0 amide bonds. The second-order valence-corrected chi connectivity index (χ2v) is 5.18. The zero-order valence-corrected chi connectivity index (χ0v) is 11.3. The van der Waals surface area contributed by atoms with Gasteiger partial charge in [-0.15, -0.1) is 6.58 Å². The normalized spacial score (nSPS) is 13.9. The summed E-state index contributed by atoms with van der Waals surface area (Å²) in [5.41, 5.74) is 0. The van der Waals surface area contributed by atoms with Gasteiger partial charge in [-0.05, 0) is 19.3 Å². The third kappa shape index (κ3) is 5.99. The average Bonchev–Trinajstić information content (AvgIpc) is 2.16. The Morgan fingerprint density at radius 2 is 1.80 bits per heavy atom. The summed E-state index contributed by atoms with van der Waals surface area (Å²) in [5.74, 6) is 0. The summed E-state index contributed by atoms with van der Waals surface area (Å²) in [5, 5.41) is 0. The number of nitrogens with zero attached hydrogens (tertiary/aromatic N) is 1. The van der Waals surface area contributed by atoms with E-state index in [1.165, 1.54) is 38.6 Å². The van der Waals surface area contributed by atoms with E-state index in [1.54, 1.807) is 0 Å². The minimum Gasteiger partial charge on any atom is -0.326 e. The van der Waals surface area contributed by atoms with Crippen LogP contribution in [0.5, 0.6) is 0 Å². The zero-order valence-electron chi connectivity index (χ0n) is 11.3. The van der Waals surface area contributed by atoms with E-state index < -0.39 is 0 Å². The molecule has 0 saturated carbocycles. The van der Waals surface area contributed by atoms with Gasteiger partial charge < -0.3 is 4.48 Å². The van der Waals surface area contributed by atoms with Crippen LogP contribution in [-0.2, 0) is 0 Å². The Kier molecular flexibility index (Phi) is 7.76. The number of unbranched alkanes of at least 4 members (excludes halogenated alkanes) is 2. The van der Waals surface area contributed by atoms with E-state index in [4.69, 9.17) is 0 Å². The second-order valence-electron chi connectivity index (χ2n) is 5.18. The molecule has 0 aliphatic rings. The van der Waals surface area contributed by atoms with Gasteiger partial charge in [0, 0.05) is 6.42 Å². The quantitative estimate of drug-likeness (QED) is 0.308. The molecule has 0 aromatic heterocycles. The van der Waals surface area contributed by atoms with Crippen LogP contribution in [0.2, 0.25) is 0 Å². The summed E-state index contributed by atoms with van der Waals surface area (Å²) >= 11 is 0. The molecule has 1 nitrogen and oxygen atoms in total. The van der Waals surface area contributed by atoms with Crippen LogP contribution in [0.4, 0.5) is 0 Å². The van der Waals surface area contributed by atoms with Gasteiger partial charge in [0.2, 0.25) is 0 Å². The Labute approximate surface area is 96.8 Å². The molecule has 0 radical (unpaired) electrons. The topological polar surface area (TPSA) is 0 Å². The highest BCUT2D eigenvalue weighted by Gasteiger charge is 2.25. The predicted molar refractivity (Wildman–Crippen MR) is 70.0 cm³/mol. The fourth-order valence-electron chi connectivity index (χ4n) is 2.33. The van der Waals surface area contributed by atoms with Gasteiger partial charge >= 0.3 is 0 Å². The first-order valence-electron chi connectivity index (χ1n) is 6.52. The number of rotatable bonds is 9. The molecule has 0 rings (SSSR count). The molecule has 0 bridgehead atoms. The van der Waals surface area contributed by atoms with Gasteiger partial charge in [-0.3, -0.25) is 0 Å². The van der Waals surface area contributed by atoms with E-state index >= 15 is 0 Å². The minimum absolute atomic E-state index is 0.772. The summed E-state index contributed by atoms with van der Waals surface area (Å²) in [6.45, 7) is 9.72. The molecule has 0 saturated heterocycles. The van der Waals surface area contributed by atoms with Gasteiger partial charge in [0.1, 0.15) is 0 Å². The molecule has 1 heteroatoms. The Balaban J connectivity index is 4.15. The lowest BCUT2D eigenvalue weighted by molar-refractivity contribution is -0.915. The van der Waals surface area contributed by atoms with Crippen molar-refractivity contribution in [1.82, 2.24) is 0 Å². The first kappa shape index (κ1) is 14.7. The Morgan fingerprint density at radius 3 is 2.27 bits per heavy atom. The smallest absolute Gasteiger partial charge is 0.0920 e. The molecule has 0 heterocycles. The summed E-state index contributed by atoms with van der Waals surface area (Å²) in [4.78, 5) is 0. The zero-order chi connectivity index (χ0) is 11.7. The first-order chi connectivity index (χ1) is 7.08. The number of hydrogen-bond donors (Lipinski definition) is 0. The molecule has 1 unspecified atom stereocenters. The van der Waals surface area contributed by atoms with Gasteiger partial charge in [0.25, 0.3) is 0 Å². The van der Waals surface area contributed by atoms with Crippen LogP contribution in [0, 0.1) is 0 Å². The summed E-state index contributed by atoms with van der Waals surface area (Å²) in [7, 11) is 4.73. The minimum atomic E-state index is 0.772. The molecule has 0 aliphatic carbocycles. The monoisotopic (exact) mass is 212 g/mol. The van der Waals surface area contributed by atoms with Gasteiger partial charge in [0.05, 0.1) is 26.7 Å². The van der Waals surface area contributed by atoms with Crippen LogP contribution in [0.15, 0.2) is 12.7 Å². The SMILES string of the molecule is C=CCC(CCCCC)[N+](C)(C)CCC. The Morgan fingerprint density at radius 1 is 1.13 bits per heavy atom. The van der Waals surface area contributed by atoms with Crippen LogP contribution in [0.25, 0.3) is 0 Å². The Hall–Kier alpha value is -0.300. The lowest BCUT2D eigenvalue weighted by atomic mass is 10.0. The second kappa shape index (κ2) is 7.92. The Bertz CT molecular complexity index is 161. The third-order valence-corrected chi connectivity index (χ3v) is 3.37. The first-order valence-corrected chi connectivity index (χ1v) is 6.52. The molecule has 15 heavy (non-hydrogen) atoms. The highest BCUT2D eigenvalue weighted by atomic mass is 15.3. The van der Waals surface area contributed by atoms with Crippen molar-refractivity contribution in [2.24, 2.45) is 0 Å². The standard InChI is InChI=1S/C14H30N/c1-6-9-10-12-14(11-7-2)15(4,5)13-8-3/h7,14H,2,6,8-13H2,1,3-5H3/q+1. The predicted octanol–water partition coefficient (Wildman–Crippen LogP) is 4.00. The van der Waals surface area contributed by atoms with E-state index in [2.05, 4.69) is 40.6 Å². The van der Waals surface area contributed by atoms with Crippen molar-refractivity contribution in [2.45, 2.75) is 58.4 Å². The van der Waals surface area contributed by atoms with Crippen molar-refractivity contribution in [1.29, 1.82) is 0 Å². The van der Waals surface area contributed by atoms with Crippen molar-refractivity contribution in [3.63, 3.8) is 0 Å². The van der Waals surface area contributed by atoms with Gasteiger partial charge in [-0.25, -0.2) is 0 Å². The van der Waals surface area contributed by atoms with Crippen molar-refractivity contribution < 1.29 is 4.48 Å². The molecule has 90 valence electrons. The van der Waals surface area contributed by atoms with Crippen LogP contribution in [-0.4, -0.2) is 31.2 Å². The lowest BCUT2D eigenvalue weighted by Crippen LogP contribution is -2.49. The summed E-state index contributed by atoms with van der Waals surface area (Å²) in [6.07, 6.45) is 9.95.